The first kappa shape index (κ1) is 12.3. The van der Waals surface area contributed by atoms with E-state index in [2.05, 4.69) is 9.78 Å². The highest BCUT2D eigenvalue weighted by Crippen LogP contribution is 2.23. The molecule has 1 aliphatic rings. The van der Waals surface area contributed by atoms with Gasteiger partial charge in [-0.2, -0.15) is 4.79 Å². The average Bonchev–Trinajstić information content (AvgIpc) is 2.93. The number of nitrogens with zero attached hydrogens (tertiary/aromatic N) is 3. The van der Waals surface area contributed by atoms with Gasteiger partial charge in [0, 0.05) is 11.1 Å². The van der Waals surface area contributed by atoms with Gasteiger partial charge in [-0.1, -0.05) is 60.2 Å². The predicted octanol–water partition coefficient (Wildman–Crippen LogP) is 3.51. The molecule has 0 atom stereocenters. The lowest BCUT2D eigenvalue weighted by Gasteiger charge is -1.99. The molecule has 0 unspecified atom stereocenters. The zero-order valence-corrected chi connectivity index (χ0v) is 11.1. The predicted molar refractivity (Wildman–Crippen MR) is 80.8 cm³/mol. The Balaban J connectivity index is 2.05. The second kappa shape index (κ2) is 5.08. The topological polar surface area (TPSA) is 48.8 Å². The third-order valence-electron chi connectivity index (χ3n) is 3.25. The second-order valence-electron chi connectivity index (χ2n) is 4.71. The van der Waals surface area contributed by atoms with Crippen LogP contribution < -0.4 is 0 Å². The van der Waals surface area contributed by atoms with Crippen molar-refractivity contribution in [2.24, 2.45) is 4.99 Å². The monoisotopic (exact) mass is 259 g/mol. The normalized spacial score (nSPS) is 13.8. The summed E-state index contributed by atoms with van der Waals surface area (Å²) >= 11 is 0. The van der Waals surface area contributed by atoms with E-state index in [4.69, 9.17) is 0 Å². The lowest BCUT2D eigenvalue weighted by molar-refractivity contribution is 0.000414. The van der Waals surface area contributed by atoms with E-state index in [0.29, 0.717) is 11.4 Å². The van der Waals surface area contributed by atoms with Crippen LogP contribution in [0, 0.1) is 6.92 Å². The van der Waals surface area contributed by atoms with Crippen molar-refractivity contribution < 1.29 is 4.79 Å². The molecule has 0 spiro atoms. The molecule has 0 radical (unpaired) electrons. The summed E-state index contributed by atoms with van der Waals surface area (Å²) in [5.41, 5.74) is 14.3. The van der Waals surface area contributed by atoms with Crippen molar-refractivity contribution in [2.75, 3.05) is 0 Å². The Morgan fingerprint density at radius 3 is 2.25 bits per heavy atom. The van der Waals surface area contributed by atoms with Crippen LogP contribution in [0.1, 0.15) is 16.7 Å². The Hall–Kier alpha value is -2.77. The van der Waals surface area contributed by atoms with E-state index in [1.54, 1.807) is 6.08 Å². The van der Waals surface area contributed by atoms with Gasteiger partial charge >= 0.3 is 5.71 Å². The molecule has 0 bridgehead atoms. The van der Waals surface area contributed by atoms with Crippen LogP contribution in [0.25, 0.3) is 11.2 Å². The van der Waals surface area contributed by atoms with Gasteiger partial charge in [-0.05, 0) is 6.92 Å². The van der Waals surface area contributed by atoms with Crippen LogP contribution in [0.3, 0.4) is 0 Å². The molecular weight excluding hydrogens is 246 g/mol. The lowest BCUT2D eigenvalue weighted by atomic mass is 10.1. The number of rotatable bonds is 2. The summed E-state index contributed by atoms with van der Waals surface area (Å²) < 4.78 is 0. The average molecular weight is 259 g/mol. The van der Waals surface area contributed by atoms with Crippen LogP contribution in [0.2, 0.25) is 0 Å². The van der Waals surface area contributed by atoms with Gasteiger partial charge in [-0.15, -0.1) is 0 Å². The first-order valence-electron chi connectivity index (χ1n) is 6.43. The maximum absolute atomic E-state index is 9.18. The quantitative estimate of drug-likeness (QED) is 0.585. The van der Waals surface area contributed by atoms with Gasteiger partial charge in [-0.25, -0.2) is 4.99 Å². The van der Waals surface area contributed by atoms with Crippen molar-refractivity contribution in [1.82, 2.24) is 0 Å². The minimum absolute atomic E-state index is 0.493. The SMILES string of the molecule is Cc1ccc(C2=NC(c3ccccc3)=CC2=[N+]=[N-])cc1. The highest BCUT2D eigenvalue weighted by molar-refractivity contribution is 6.53. The van der Waals surface area contributed by atoms with Crippen molar-refractivity contribution >= 4 is 17.1 Å². The van der Waals surface area contributed by atoms with Crippen LogP contribution in [-0.2, 0) is 0 Å². The number of hydrogen-bond acceptors (Lipinski definition) is 1. The number of benzene rings is 2. The fourth-order valence-corrected chi connectivity index (χ4v) is 2.16. The minimum Gasteiger partial charge on any atom is -0.361 e. The summed E-state index contributed by atoms with van der Waals surface area (Å²) in [6.07, 6.45) is 1.80. The van der Waals surface area contributed by atoms with Crippen LogP contribution in [-0.4, -0.2) is 16.2 Å². The summed E-state index contributed by atoms with van der Waals surface area (Å²) in [5, 5.41) is 0. The van der Waals surface area contributed by atoms with Gasteiger partial charge in [0.15, 0.2) is 5.71 Å². The molecule has 2 aromatic rings. The van der Waals surface area contributed by atoms with Gasteiger partial charge < -0.3 is 5.53 Å². The molecule has 0 saturated carbocycles. The molecule has 0 N–H and O–H groups in total. The minimum atomic E-state index is 0.493. The zero-order chi connectivity index (χ0) is 13.9. The first-order chi connectivity index (χ1) is 9.78. The molecule has 3 heteroatoms. The van der Waals surface area contributed by atoms with E-state index in [9.17, 15) is 5.53 Å². The third-order valence-corrected chi connectivity index (χ3v) is 3.25. The van der Waals surface area contributed by atoms with Crippen LogP contribution in [0.5, 0.6) is 0 Å². The molecule has 2 aromatic carbocycles. The molecule has 1 heterocycles. The van der Waals surface area contributed by atoms with Crippen molar-refractivity contribution in [3.8, 4) is 0 Å². The van der Waals surface area contributed by atoms with Crippen molar-refractivity contribution in [2.45, 2.75) is 6.92 Å². The molecule has 3 nitrogen and oxygen atoms in total. The summed E-state index contributed by atoms with van der Waals surface area (Å²) in [6, 6.07) is 17.9. The maximum atomic E-state index is 9.18. The molecule has 96 valence electrons. The van der Waals surface area contributed by atoms with E-state index in [1.807, 2.05) is 61.5 Å². The number of aliphatic imine (C=N–C) groups is 1. The van der Waals surface area contributed by atoms with E-state index < -0.39 is 0 Å². The fraction of sp³-hybridized carbons (Fsp3) is 0.0588. The Morgan fingerprint density at radius 2 is 1.60 bits per heavy atom. The Labute approximate surface area is 117 Å². The Morgan fingerprint density at radius 1 is 0.900 bits per heavy atom. The molecule has 1 aliphatic heterocycles. The maximum Gasteiger partial charge on any atom is 0.343 e. The Kier molecular flexibility index (Phi) is 3.12. The summed E-state index contributed by atoms with van der Waals surface area (Å²) in [5.74, 6) is 0. The summed E-state index contributed by atoms with van der Waals surface area (Å²) in [7, 11) is 0. The van der Waals surface area contributed by atoms with Gasteiger partial charge in [0.05, 0.1) is 11.8 Å². The highest BCUT2D eigenvalue weighted by Gasteiger charge is 2.25. The van der Waals surface area contributed by atoms with Crippen molar-refractivity contribution in [3.05, 3.63) is 82.9 Å². The molecule has 0 saturated heterocycles. The number of hydrogen-bond donors (Lipinski definition) is 0. The van der Waals surface area contributed by atoms with Crippen molar-refractivity contribution in [3.63, 3.8) is 0 Å². The van der Waals surface area contributed by atoms with Crippen LogP contribution in [0.15, 0.2) is 65.7 Å². The van der Waals surface area contributed by atoms with E-state index in [-0.39, 0.29) is 0 Å². The highest BCUT2D eigenvalue weighted by atomic mass is 14.9. The van der Waals surface area contributed by atoms with Crippen LogP contribution in [0.4, 0.5) is 0 Å². The second-order valence-corrected chi connectivity index (χ2v) is 4.71. The van der Waals surface area contributed by atoms with E-state index >= 15 is 0 Å². The fourth-order valence-electron chi connectivity index (χ4n) is 2.16. The smallest absolute Gasteiger partial charge is 0.343 e. The van der Waals surface area contributed by atoms with Gasteiger partial charge in [-0.3, -0.25) is 0 Å². The number of aryl methyl sites for hydroxylation is 1. The molecule has 0 amide bonds. The largest absolute Gasteiger partial charge is 0.361 e. The molecule has 3 rings (SSSR count). The van der Waals surface area contributed by atoms with Gasteiger partial charge in [0.25, 0.3) is 0 Å². The number of allylic oxidation sites excluding steroid dienone is 1. The standard InChI is InChI=1S/C17H13N3/c1-12-7-9-14(10-8-12)17-16(20-18)11-15(19-17)13-5-3-2-4-6-13/h2-11H,1H3. The molecule has 0 aliphatic carbocycles. The summed E-state index contributed by atoms with van der Waals surface area (Å²) in [4.78, 5) is 7.95. The van der Waals surface area contributed by atoms with Gasteiger partial charge in [0.1, 0.15) is 0 Å². The lowest BCUT2D eigenvalue weighted by Crippen LogP contribution is -2.10. The first-order valence-corrected chi connectivity index (χ1v) is 6.43. The van der Waals surface area contributed by atoms with Crippen molar-refractivity contribution in [1.29, 1.82) is 0 Å². The summed E-state index contributed by atoms with van der Waals surface area (Å²) in [6.45, 7) is 2.04. The molecule has 0 aromatic heterocycles. The van der Waals surface area contributed by atoms with E-state index in [1.165, 1.54) is 5.56 Å². The van der Waals surface area contributed by atoms with Crippen LogP contribution >= 0.6 is 0 Å². The third kappa shape index (κ3) is 2.22. The molecule has 20 heavy (non-hydrogen) atoms. The molecule has 0 fully saturated rings. The van der Waals surface area contributed by atoms with Gasteiger partial charge in [0.2, 0.25) is 0 Å². The van der Waals surface area contributed by atoms with E-state index in [0.717, 1.165) is 16.8 Å². The Bertz CT molecular complexity index is 747. The zero-order valence-electron chi connectivity index (χ0n) is 11.1. The molecular formula is C17H13N3.